The molecule has 0 atom stereocenters. The molecule has 1 fully saturated rings. The predicted octanol–water partition coefficient (Wildman–Crippen LogP) is 3.63. The van der Waals surface area contributed by atoms with E-state index in [2.05, 4.69) is 0 Å². The number of carbonyl (C=O) groups is 1. The second-order valence-corrected chi connectivity index (χ2v) is 9.99. The molecule has 10 heteroatoms. The van der Waals surface area contributed by atoms with Gasteiger partial charge in [-0.25, -0.2) is 8.42 Å². The summed E-state index contributed by atoms with van der Waals surface area (Å²) in [5.41, 5.74) is 3.09. The summed E-state index contributed by atoms with van der Waals surface area (Å²) in [5.74, 6) is -0.454. The van der Waals surface area contributed by atoms with Crippen LogP contribution in [0.4, 0.5) is 5.69 Å². The maximum Gasteiger partial charge on any atom is 0.270 e. The van der Waals surface area contributed by atoms with Gasteiger partial charge in [-0.3, -0.25) is 14.9 Å². The van der Waals surface area contributed by atoms with Gasteiger partial charge in [-0.05, 0) is 56.0 Å². The van der Waals surface area contributed by atoms with Gasteiger partial charge in [-0.1, -0.05) is 17.7 Å². The fourth-order valence-corrected chi connectivity index (χ4v) is 5.99. The first-order chi connectivity index (χ1) is 14.4. The summed E-state index contributed by atoms with van der Waals surface area (Å²) in [7, 11) is -3.73. The van der Waals surface area contributed by atoms with Gasteiger partial charge in [-0.2, -0.15) is 4.31 Å². The van der Waals surface area contributed by atoms with E-state index in [1.165, 1.54) is 21.3 Å². The third-order valence-corrected chi connectivity index (χ3v) is 8.31. The lowest BCUT2D eigenvalue weighted by atomic mass is 10.0. The van der Waals surface area contributed by atoms with Crippen molar-refractivity contribution < 1.29 is 18.1 Å². The highest BCUT2D eigenvalue weighted by molar-refractivity contribution is 7.89. The van der Waals surface area contributed by atoms with Crippen LogP contribution in [-0.4, -0.2) is 54.6 Å². The van der Waals surface area contributed by atoms with E-state index in [1.54, 1.807) is 13.8 Å². The number of hydrogen-bond acceptors (Lipinski definition) is 5. The third-order valence-electron chi connectivity index (χ3n) is 5.81. The summed E-state index contributed by atoms with van der Waals surface area (Å²) in [6.45, 7) is 7.98. The van der Waals surface area contributed by atoms with Crippen molar-refractivity contribution in [2.24, 2.45) is 0 Å². The maximum atomic E-state index is 13.4. The fourth-order valence-electron chi connectivity index (χ4n) is 3.79. The quantitative estimate of drug-likeness (QED) is 0.507. The molecule has 0 unspecified atom stereocenters. The van der Waals surface area contributed by atoms with Crippen molar-refractivity contribution in [1.29, 1.82) is 0 Å². The smallest absolute Gasteiger partial charge is 0.270 e. The zero-order valence-corrected chi connectivity index (χ0v) is 19.4. The summed E-state index contributed by atoms with van der Waals surface area (Å²) >= 11 is 6.08. The van der Waals surface area contributed by atoms with Crippen LogP contribution in [0.2, 0.25) is 5.02 Å². The number of rotatable bonds is 4. The molecule has 0 saturated carbocycles. The zero-order chi connectivity index (χ0) is 23.1. The summed E-state index contributed by atoms with van der Waals surface area (Å²) in [4.78, 5) is 25.1. The van der Waals surface area contributed by atoms with Crippen molar-refractivity contribution >= 4 is 33.2 Å². The average Bonchev–Trinajstić information content (AvgIpc) is 2.72. The van der Waals surface area contributed by atoms with Crippen molar-refractivity contribution in [2.75, 3.05) is 26.2 Å². The van der Waals surface area contributed by atoms with Crippen molar-refractivity contribution in [3.8, 4) is 0 Å². The second kappa shape index (κ2) is 8.57. The van der Waals surface area contributed by atoms with Crippen LogP contribution in [0.25, 0.3) is 0 Å². The molecule has 1 heterocycles. The van der Waals surface area contributed by atoms with Gasteiger partial charge in [0, 0.05) is 38.3 Å². The van der Waals surface area contributed by atoms with E-state index >= 15 is 0 Å². The van der Waals surface area contributed by atoms with E-state index in [-0.39, 0.29) is 42.5 Å². The first-order valence-corrected chi connectivity index (χ1v) is 11.6. The number of nitro benzene ring substituents is 1. The molecular formula is C21H24ClN3O5S. The molecule has 8 nitrogen and oxygen atoms in total. The Morgan fingerprint density at radius 3 is 2.06 bits per heavy atom. The number of halogens is 1. The molecule has 0 spiro atoms. The molecular weight excluding hydrogens is 442 g/mol. The molecule has 0 bridgehead atoms. The van der Waals surface area contributed by atoms with Crippen molar-refractivity contribution in [3.05, 3.63) is 67.2 Å². The molecule has 31 heavy (non-hydrogen) atoms. The fraction of sp³-hybridized carbons (Fsp3) is 0.381. The molecule has 1 amide bonds. The topological polar surface area (TPSA) is 101 Å². The zero-order valence-electron chi connectivity index (χ0n) is 17.8. The minimum Gasteiger partial charge on any atom is -0.336 e. The molecule has 0 aliphatic carbocycles. The van der Waals surface area contributed by atoms with E-state index in [0.29, 0.717) is 4.90 Å². The Balaban J connectivity index is 1.82. The number of carbonyl (C=O) groups excluding carboxylic acids is 1. The number of sulfonamides is 1. The molecule has 1 saturated heterocycles. The van der Waals surface area contributed by atoms with Crippen LogP contribution in [0.15, 0.2) is 29.2 Å². The molecule has 0 N–H and O–H groups in total. The van der Waals surface area contributed by atoms with Gasteiger partial charge in [0.25, 0.3) is 11.6 Å². The summed E-state index contributed by atoms with van der Waals surface area (Å²) in [5, 5.41) is 11.1. The number of benzene rings is 2. The van der Waals surface area contributed by atoms with E-state index in [9.17, 15) is 23.3 Å². The molecule has 2 aromatic rings. The monoisotopic (exact) mass is 465 g/mol. The van der Waals surface area contributed by atoms with Gasteiger partial charge >= 0.3 is 0 Å². The Labute approximate surface area is 186 Å². The highest BCUT2D eigenvalue weighted by atomic mass is 35.5. The minimum absolute atomic E-state index is 0.0353. The van der Waals surface area contributed by atoms with E-state index in [4.69, 9.17) is 11.6 Å². The third kappa shape index (κ3) is 4.30. The van der Waals surface area contributed by atoms with Crippen molar-refractivity contribution in [3.63, 3.8) is 0 Å². The first-order valence-electron chi connectivity index (χ1n) is 9.76. The van der Waals surface area contributed by atoms with Gasteiger partial charge < -0.3 is 4.90 Å². The number of piperazine rings is 1. The van der Waals surface area contributed by atoms with Crippen molar-refractivity contribution in [1.82, 2.24) is 9.21 Å². The van der Waals surface area contributed by atoms with Crippen molar-refractivity contribution in [2.45, 2.75) is 32.6 Å². The van der Waals surface area contributed by atoms with Crippen LogP contribution in [0, 0.1) is 37.8 Å². The average molecular weight is 466 g/mol. The number of hydrogen-bond donors (Lipinski definition) is 0. The largest absolute Gasteiger partial charge is 0.336 e. The van der Waals surface area contributed by atoms with Gasteiger partial charge in [0.2, 0.25) is 10.0 Å². The SMILES string of the molecule is Cc1cc(C)c(C)c(S(=O)(=O)N2CCN(C(=O)c3cc([N+](=O)[O-])ccc3Cl)CC2)c1C. The number of non-ortho nitro benzene ring substituents is 1. The summed E-state index contributed by atoms with van der Waals surface area (Å²) in [6, 6.07) is 5.68. The molecule has 3 rings (SSSR count). The van der Waals surface area contributed by atoms with E-state index < -0.39 is 20.9 Å². The molecule has 2 aromatic carbocycles. The van der Waals surface area contributed by atoms with Gasteiger partial charge in [0.15, 0.2) is 0 Å². The predicted molar refractivity (Wildman–Crippen MR) is 118 cm³/mol. The lowest BCUT2D eigenvalue weighted by Crippen LogP contribution is -2.50. The lowest BCUT2D eigenvalue weighted by molar-refractivity contribution is -0.384. The Bertz CT molecular complexity index is 1150. The summed E-state index contributed by atoms with van der Waals surface area (Å²) < 4.78 is 28.1. The Morgan fingerprint density at radius 1 is 1.00 bits per heavy atom. The van der Waals surface area contributed by atoms with Gasteiger partial charge in [-0.15, -0.1) is 0 Å². The second-order valence-electron chi connectivity index (χ2n) is 7.71. The van der Waals surface area contributed by atoms with E-state index in [0.717, 1.165) is 28.3 Å². The van der Waals surface area contributed by atoms with Crippen LogP contribution in [0.1, 0.15) is 32.6 Å². The maximum absolute atomic E-state index is 13.4. The molecule has 0 radical (unpaired) electrons. The van der Waals surface area contributed by atoms with Crippen LogP contribution in [0.3, 0.4) is 0 Å². The Kier molecular flexibility index (Phi) is 6.40. The molecule has 1 aliphatic heterocycles. The normalized spacial score (nSPS) is 15.2. The number of nitrogens with zero attached hydrogens (tertiary/aromatic N) is 3. The van der Waals surface area contributed by atoms with Gasteiger partial charge in [0.05, 0.1) is 20.4 Å². The molecule has 166 valence electrons. The van der Waals surface area contributed by atoms with Crippen LogP contribution < -0.4 is 0 Å². The first kappa shape index (κ1) is 23.2. The number of amides is 1. The Hall–Kier alpha value is -2.49. The highest BCUT2D eigenvalue weighted by Crippen LogP contribution is 2.30. The lowest BCUT2D eigenvalue weighted by Gasteiger charge is -2.35. The Morgan fingerprint density at radius 2 is 1.55 bits per heavy atom. The van der Waals surface area contributed by atoms with Gasteiger partial charge in [0.1, 0.15) is 0 Å². The standard InChI is InChI=1S/C21H24ClN3O5S/c1-13-11-14(2)16(4)20(15(13)3)31(29,30)24-9-7-23(8-10-24)21(26)18-12-17(25(27)28)5-6-19(18)22/h5-6,11-12H,7-10H2,1-4H3. The molecule has 0 aromatic heterocycles. The van der Waals surface area contributed by atoms with Crippen LogP contribution >= 0.6 is 11.6 Å². The number of nitro groups is 1. The van der Waals surface area contributed by atoms with Crippen LogP contribution in [0.5, 0.6) is 0 Å². The number of aryl methyl sites for hydroxylation is 2. The minimum atomic E-state index is -3.73. The van der Waals surface area contributed by atoms with E-state index in [1.807, 2.05) is 19.9 Å². The summed E-state index contributed by atoms with van der Waals surface area (Å²) in [6.07, 6.45) is 0. The molecule has 1 aliphatic rings. The van der Waals surface area contributed by atoms with Crippen LogP contribution in [-0.2, 0) is 10.0 Å². The highest BCUT2D eigenvalue weighted by Gasteiger charge is 2.33.